The molecule has 0 saturated carbocycles. The minimum absolute atomic E-state index is 0.538. The number of hydrogen-bond donors (Lipinski definition) is 2. The molecule has 0 aliphatic carbocycles. The van der Waals surface area contributed by atoms with Gasteiger partial charge in [-0.25, -0.2) is 4.98 Å². The smallest absolute Gasteiger partial charge is 0.229 e. The Kier molecular flexibility index (Phi) is 4.68. The van der Waals surface area contributed by atoms with Crippen LogP contribution in [-0.2, 0) is 7.05 Å². The van der Waals surface area contributed by atoms with Gasteiger partial charge in [0, 0.05) is 47.6 Å². The lowest BCUT2D eigenvalue weighted by atomic mass is 10.2. The van der Waals surface area contributed by atoms with Crippen LogP contribution in [0.25, 0.3) is 10.9 Å². The Morgan fingerprint density at radius 3 is 2.68 bits per heavy atom. The topological polar surface area (TPSA) is 58.9 Å². The van der Waals surface area contributed by atoms with Crippen LogP contribution < -0.4 is 10.2 Å². The first-order chi connectivity index (χ1) is 13.4. The average molecular weight is 391 g/mol. The molecule has 2 aromatic carbocycles. The first-order valence-corrected chi connectivity index (χ1v) is 9.44. The van der Waals surface area contributed by atoms with Gasteiger partial charge in [-0.1, -0.05) is 6.07 Å². The number of fused-ring (bicyclic) bond motifs is 1. The number of nitrogens with zero attached hydrogens (tertiary/aromatic N) is 5. The van der Waals surface area contributed by atoms with Crippen molar-refractivity contribution in [2.24, 2.45) is 7.05 Å². The lowest BCUT2D eigenvalue weighted by Crippen LogP contribution is -2.12. The van der Waals surface area contributed by atoms with Gasteiger partial charge < -0.3 is 10.2 Å². The van der Waals surface area contributed by atoms with Crippen molar-refractivity contribution in [3.05, 3.63) is 59.9 Å². The van der Waals surface area contributed by atoms with E-state index in [9.17, 15) is 0 Å². The number of anilines is 4. The number of aromatic nitrogens is 4. The van der Waals surface area contributed by atoms with Crippen LogP contribution in [0.4, 0.5) is 23.1 Å². The molecule has 0 aliphatic rings. The molecule has 0 saturated heterocycles. The normalized spacial score (nSPS) is 11.0. The van der Waals surface area contributed by atoms with Crippen LogP contribution in [0.2, 0.25) is 0 Å². The van der Waals surface area contributed by atoms with Gasteiger partial charge in [0.15, 0.2) is 0 Å². The lowest BCUT2D eigenvalue weighted by Gasteiger charge is -2.19. The summed E-state index contributed by atoms with van der Waals surface area (Å²) in [6, 6.07) is 14.1. The van der Waals surface area contributed by atoms with Gasteiger partial charge in [0.05, 0.1) is 5.52 Å². The Hall–Kier alpha value is -3.06. The summed E-state index contributed by atoms with van der Waals surface area (Å²) < 4.78 is 1.90. The maximum absolute atomic E-state index is 4.65. The number of thiol groups is 1. The van der Waals surface area contributed by atoms with E-state index in [0.29, 0.717) is 5.95 Å². The van der Waals surface area contributed by atoms with Gasteiger partial charge in [0.25, 0.3) is 0 Å². The van der Waals surface area contributed by atoms with Crippen molar-refractivity contribution in [2.75, 3.05) is 17.3 Å². The van der Waals surface area contributed by atoms with E-state index in [4.69, 9.17) is 0 Å². The van der Waals surface area contributed by atoms with Crippen molar-refractivity contribution in [3.63, 3.8) is 0 Å². The van der Waals surface area contributed by atoms with Crippen LogP contribution in [0.5, 0.6) is 0 Å². The fourth-order valence-electron chi connectivity index (χ4n) is 3.07. The largest absolute Gasteiger partial charge is 0.329 e. The molecule has 0 bridgehead atoms. The minimum atomic E-state index is 0.538. The van der Waals surface area contributed by atoms with Gasteiger partial charge in [-0.3, -0.25) is 4.68 Å². The Bertz CT molecular complexity index is 1170. The van der Waals surface area contributed by atoms with Gasteiger partial charge in [-0.05, 0) is 55.8 Å². The second-order valence-corrected chi connectivity index (χ2v) is 7.32. The van der Waals surface area contributed by atoms with Crippen LogP contribution in [0, 0.1) is 13.8 Å². The molecule has 0 atom stereocenters. The second-order valence-electron chi connectivity index (χ2n) is 6.83. The number of hydrogen-bond acceptors (Lipinski definition) is 6. The second kappa shape index (κ2) is 7.16. The van der Waals surface area contributed by atoms with Crippen molar-refractivity contribution in [1.82, 2.24) is 19.7 Å². The van der Waals surface area contributed by atoms with E-state index in [1.165, 1.54) is 0 Å². The van der Waals surface area contributed by atoms with E-state index in [1.807, 2.05) is 54.9 Å². The first-order valence-electron chi connectivity index (χ1n) is 8.99. The van der Waals surface area contributed by atoms with Gasteiger partial charge in [0.1, 0.15) is 5.82 Å². The third-order valence-electron chi connectivity index (χ3n) is 4.95. The first kappa shape index (κ1) is 18.3. The van der Waals surface area contributed by atoms with Gasteiger partial charge in [-0.2, -0.15) is 10.1 Å². The molecule has 0 radical (unpaired) electrons. The number of rotatable bonds is 4. The molecule has 0 fully saturated rings. The van der Waals surface area contributed by atoms with Crippen molar-refractivity contribution >= 4 is 46.7 Å². The molecule has 4 rings (SSSR count). The van der Waals surface area contributed by atoms with Crippen LogP contribution >= 0.6 is 12.6 Å². The zero-order chi connectivity index (χ0) is 19.8. The monoisotopic (exact) mass is 390 g/mol. The van der Waals surface area contributed by atoms with Crippen molar-refractivity contribution in [3.8, 4) is 0 Å². The van der Waals surface area contributed by atoms with E-state index < -0.39 is 0 Å². The summed E-state index contributed by atoms with van der Waals surface area (Å²) in [5.41, 5.74) is 5.17. The molecule has 0 spiro atoms. The predicted octanol–water partition coefficient (Wildman–Crippen LogP) is 4.78. The number of benzene rings is 2. The molecular formula is C21H22N6S. The number of nitrogens with one attached hydrogen (secondary N) is 1. The van der Waals surface area contributed by atoms with Crippen molar-refractivity contribution in [1.29, 1.82) is 0 Å². The SMILES string of the molecule is Cc1ccc(Nc2nccc(N(C)c3ccc4c(C)n(C)nc4c3)n2)cc1S. The fourth-order valence-corrected chi connectivity index (χ4v) is 3.29. The highest BCUT2D eigenvalue weighted by molar-refractivity contribution is 7.80. The Morgan fingerprint density at radius 1 is 1.07 bits per heavy atom. The standard InChI is InChI=1S/C21H22N6S/c1-13-5-6-15(11-19(13)28)23-21-22-10-9-20(24-21)26(3)16-7-8-17-14(2)27(4)25-18(17)12-16/h5-12,28H,1-4H3,(H,22,23,24). The van der Waals surface area contributed by atoms with Crippen LogP contribution in [0.15, 0.2) is 53.6 Å². The maximum atomic E-state index is 4.65. The number of aryl methyl sites for hydroxylation is 3. The summed E-state index contributed by atoms with van der Waals surface area (Å²) in [6.07, 6.45) is 1.75. The van der Waals surface area contributed by atoms with Gasteiger partial charge in [0.2, 0.25) is 5.95 Å². The molecule has 0 amide bonds. The van der Waals surface area contributed by atoms with Crippen molar-refractivity contribution < 1.29 is 0 Å². The molecule has 142 valence electrons. The summed E-state index contributed by atoms with van der Waals surface area (Å²) in [4.78, 5) is 11.9. The summed E-state index contributed by atoms with van der Waals surface area (Å²) in [5, 5.41) is 8.98. The Labute approximate surface area is 169 Å². The quantitative estimate of drug-likeness (QED) is 0.491. The summed E-state index contributed by atoms with van der Waals surface area (Å²) in [6.45, 7) is 4.10. The zero-order valence-corrected chi connectivity index (χ0v) is 17.2. The molecule has 1 N–H and O–H groups in total. The highest BCUT2D eigenvalue weighted by atomic mass is 32.1. The average Bonchev–Trinajstić information content (AvgIpc) is 2.98. The molecule has 0 unspecified atom stereocenters. The van der Waals surface area contributed by atoms with E-state index in [0.717, 1.165) is 44.2 Å². The highest BCUT2D eigenvalue weighted by Crippen LogP contribution is 2.28. The van der Waals surface area contributed by atoms with Gasteiger partial charge >= 0.3 is 0 Å². The summed E-state index contributed by atoms with van der Waals surface area (Å²) in [7, 11) is 3.95. The zero-order valence-electron chi connectivity index (χ0n) is 16.3. The molecule has 28 heavy (non-hydrogen) atoms. The van der Waals surface area contributed by atoms with E-state index in [-0.39, 0.29) is 0 Å². The third kappa shape index (κ3) is 3.41. The maximum Gasteiger partial charge on any atom is 0.229 e. The Morgan fingerprint density at radius 2 is 1.89 bits per heavy atom. The van der Waals surface area contributed by atoms with Crippen LogP contribution in [0.3, 0.4) is 0 Å². The third-order valence-corrected chi connectivity index (χ3v) is 5.43. The van der Waals surface area contributed by atoms with Crippen LogP contribution in [0.1, 0.15) is 11.3 Å². The molecule has 0 aliphatic heterocycles. The molecule has 4 aromatic rings. The van der Waals surface area contributed by atoms with E-state index >= 15 is 0 Å². The molecule has 6 nitrogen and oxygen atoms in total. The Balaban J connectivity index is 1.62. The molecular weight excluding hydrogens is 368 g/mol. The van der Waals surface area contributed by atoms with Crippen molar-refractivity contribution in [2.45, 2.75) is 18.7 Å². The van der Waals surface area contributed by atoms with Crippen LogP contribution in [-0.4, -0.2) is 26.8 Å². The minimum Gasteiger partial charge on any atom is -0.329 e. The molecule has 2 aromatic heterocycles. The summed E-state index contributed by atoms with van der Waals surface area (Å²) in [5.74, 6) is 1.33. The highest BCUT2D eigenvalue weighted by Gasteiger charge is 2.11. The molecule has 2 heterocycles. The molecule has 7 heteroatoms. The predicted molar refractivity (Wildman–Crippen MR) is 117 cm³/mol. The van der Waals surface area contributed by atoms with Gasteiger partial charge in [-0.15, -0.1) is 12.6 Å². The van der Waals surface area contributed by atoms with E-state index in [2.05, 4.69) is 58.1 Å². The lowest BCUT2D eigenvalue weighted by molar-refractivity contribution is 0.751. The summed E-state index contributed by atoms with van der Waals surface area (Å²) >= 11 is 4.48. The fraction of sp³-hybridized carbons (Fsp3) is 0.190. The van der Waals surface area contributed by atoms with E-state index in [1.54, 1.807) is 6.20 Å².